The van der Waals surface area contributed by atoms with E-state index in [1.165, 1.54) is 6.42 Å². The van der Waals surface area contributed by atoms with E-state index >= 15 is 0 Å². The van der Waals surface area contributed by atoms with Crippen LogP contribution in [0.4, 0.5) is 0 Å². The fraction of sp³-hybridized carbons (Fsp3) is 0.562. The van der Waals surface area contributed by atoms with Crippen LogP contribution in [0, 0.1) is 0 Å². The highest BCUT2D eigenvalue weighted by Gasteiger charge is 2.23. The predicted octanol–water partition coefficient (Wildman–Crippen LogP) is 3.13. The molecule has 0 radical (unpaired) electrons. The van der Waals surface area contributed by atoms with Crippen LogP contribution in [0.5, 0.6) is 5.75 Å². The van der Waals surface area contributed by atoms with Gasteiger partial charge in [-0.3, -0.25) is 4.79 Å². The van der Waals surface area contributed by atoms with Gasteiger partial charge in [-0.15, -0.1) is 12.4 Å². The van der Waals surface area contributed by atoms with Crippen LogP contribution < -0.4 is 10.1 Å². The van der Waals surface area contributed by atoms with E-state index in [1.54, 1.807) is 11.0 Å². The van der Waals surface area contributed by atoms with Crippen LogP contribution in [-0.2, 0) is 4.79 Å². The van der Waals surface area contributed by atoms with Crippen LogP contribution in [0.1, 0.15) is 25.7 Å². The molecule has 0 bridgehead atoms. The number of hydrogen-bond donors (Lipinski definition) is 1. The number of rotatable bonds is 6. The molecular weight excluding hydrogens is 323 g/mol. The third-order valence-electron chi connectivity index (χ3n) is 3.69. The highest BCUT2D eigenvalue weighted by molar-refractivity contribution is 6.30. The maximum Gasteiger partial charge on any atom is 0.239 e. The largest absolute Gasteiger partial charge is 0.493 e. The number of halogens is 2. The molecule has 1 aromatic carbocycles. The summed E-state index contributed by atoms with van der Waals surface area (Å²) in [5.74, 6) is 0.961. The Morgan fingerprint density at radius 2 is 2.27 bits per heavy atom. The lowest BCUT2D eigenvalue weighted by Crippen LogP contribution is -2.47. The molecule has 1 aromatic rings. The zero-order chi connectivity index (χ0) is 15.1. The molecule has 1 heterocycles. The molecule has 0 spiro atoms. The molecule has 6 heteroatoms. The van der Waals surface area contributed by atoms with Gasteiger partial charge in [0.2, 0.25) is 5.91 Å². The molecule has 1 N–H and O–H groups in total. The smallest absolute Gasteiger partial charge is 0.239 e. The van der Waals surface area contributed by atoms with E-state index < -0.39 is 0 Å². The molecule has 2 rings (SSSR count). The predicted molar refractivity (Wildman–Crippen MR) is 92.1 cm³/mol. The van der Waals surface area contributed by atoms with E-state index in [1.807, 2.05) is 25.2 Å². The topological polar surface area (TPSA) is 41.6 Å². The molecule has 0 unspecified atom stereocenters. The lowest BCUT2D eigenvalue weighted by molar-refractivity contribution is -0.132. The normalized spacial score (nSPS) is 17.5. The van der Waals surface area contributed by atoms with Crippen molar-refractivity contribution in [1.82, 2.24) is 10.2 Å². The molecule has 1 amide bonds. The van der Waals surface area contributed by atoms with Crippen molar-refractivity contribution in [2.45, 2.75) is 31.7 Å². The van der Waals surface area contributed by atoms with E-state index in [4.69, 9.17) is 16.3 Å². The first-order chi connectivity index (χ1) is 10.2. The molecule has 22 heavy (non-hydrogen) atoms. The molecule has 124 valence electrons. The van der Waals surface area contributed by atoms with Crippen molar-refractivity contribution in [1.29, 1.82) is 0 Å². The Morgan fingerprint density at radius 1 is 1.45 bits per heavy atom. The van der Waals surface area contributed by atoms with Crippen molar-refractivity contribution >= 4 is 29.9 Å². The van der Waals surface area contributed by atoms with Crippen LogP contribution in [0.25, 0.3) is 0 Å². The number of piperidine rings is 1. The summed E-state index contributed by atoms with van der Waals surface area (Å²) >= 11 is 5.90. The minimum atomic E-state index is -0.00222. The minimum absolute atomic E-state index is 0. The number of nitrogens with one attached hydrogen (secondary N) is 1. The highest BCUT2D eigenvalue weighted by atomic mass is 35.5. The third kappa shape index (κ3) is 6.03. The number of nitrogens with zero attached hydrogens (tertiary/aromatic N) is 1. The van der Waals surface area contributed by atoms with Crippen LogP contribution >= 0.6 is 24.0 Å². The molecule has 1 atom stereocenters. The van der Waals surface area contributed by atoms with Gasteiger partial charge in [-0.1, -0.05) is 24.1 Å². The first kappa shape index (κ1) is 19.1. The number of benzene rings is 1. The van der Waals surface area contributed by atoms with E-state index in [2.05, 4.69) is 5.32 Å². The summed E-state index contributed by atoms with van der Waals surface area (Å²) in [5, 5.41) is 3.95. The first-order valence-electron chi connectivity index (χ1n) is 7.53. The number of amides is 1. The average Bonchev–Trinajstić information content (AvgIpc) is 2.51. The quantitative estimate of drug-likeness (QED) is 0.804. The van der Waals surface area contributed by atoms with Gasteiger partial charge in [0.1, 0.15) is 5.75 Å². The Balaban J connectivity index is 0.00000242. The lowest BCUT2D eigenvalue weighted by atomic mass is 10.0. The number of carbonyl (C=O) groups is 1. The van der Waals surface area contributed by atoms with Gasteiger partial charge in [-0.2, -0.15) is 0 Å². The summed E-state index contributed by atoms with van der Waals surface area (Å²) in [6.07, 6.45) is 4.06. The van der Waals surface area contributed by atoms with Gasteiger partial charge in [-0.05, 0) is 44.0 Å². The van der Waals surface area contributed by atoms with Gasteiger partial charge in [0, 0.05) is 18.6 Å². The second-order valence-corrected chi connectivity index (χ2v) is 5.86. The maximum atomic E-state index is 12.2. The molecule has 4 nitrogen and oxygen atoms in total. The molecule has 1 fully saturated rings. The molecule has 0 saturated carbocycles. The number of likely N-dealkylation sites (N-methyl/N-ethyl adjacent to an activating group) is 1. The van der Waals surface area contributed by atoms with Crippen molar-refractivity contribution < 1.29 is 9.53 Å². The van der Waals surface area contributed by atoms with Crippen molar-refractivity contribution in [3.8, 4) is 5.75 Å². The summed E-state index contributed by atoms with van der Waals surface area (Å²) in [5.41, 5.74) is 0. The highest BCUT2D eigenvalue weighted by Crippen LogP contribution is 2.17. The summed E-state index contributed by atoms with van der Waals surface area (Å²) in [7, 11) is 1.86. The fourth-order valence-corrected chi connectivity index (χ4v) is 2.67. The van der Waals surface area contributed by atoms with Crippen molar-refractivity contribution in [2.24, 2.45) is 0 Å². The molecule has 0 aliphatic carbocycles. The van der Waals surface area contributed by atoms with Crippen LogP contribution in [-0.4, -0.2) is 43.6 Å². The van der Waals surface area contributed by atoms with Crippen molar-refractivity contribution in [3.05, 3.63) is 29.3 Å². The standard InChI is InChI=1S/C16H23ClN2O2.ClH/c1-19(16(20)15-8-2-3-9-18-15)10-5-11-21-14-7-4-6-13(17)12-14;/h4,6-7,12,15,18H,2-3,5,8-11H2,1H3;1H/t15-;/m1./s1. The van der Waals surface area contributed by atoms with E-state index in [-0.39, 0.29) is 24.4 Å². The van der Waals surface area contributed by atoms with Gasteiger partial charge in [0.25, 0.3) is 0 Å². The zero-order valence-corrected chi connectivity index (χ0v) is 14.5. The van der Waals surface area contributed by atoms with Gasteiger partial charge in [-0.25, -0.2) is 0 Å². The average molecular weight is 347 g/mol. The monoisotopic (exact) mass is 346 g/mol. The molecular formula is C16H24Cl2N2O2. The van der Waals surface area contributed by atoms with Crippen LogP contribution in [0.2, 0.25) is 5.02 Å². The van der Waals surface area contributed by atoms with Crippen molar-refractivity contribution in [3.63, 3.8) is 0 Å². The molecule has 0 aromatic heterocycles. The Labute approximate surface area is 143 Å². The lowest BCUT2D eigenvalue weighted by Gasteiger charge is -2.27. The summed E-state index contributed by atoms with van der Waals surface area (Å²) < 4.78 is 5.62. The van der Waals surface area contributed by atoms with E-state index in [9.17, 15) is 4.79 Å². The van der Waals surface area contributed by atoms with Gasteiger partial charge in [0.05, 0.1) is 12.6 Å². The first-order valence-corrected chi connectivity index (χ1v) is 7.91. The number of carbonyl (C=O) groups excluding carboxylic acids is 1. The summed E-state index contributed by atoms with van der Waals surface area (Å²) in [6, 6.07) is 7.35. The van der Waals surface area contributed by atoms with Crippen LogP contribution in [0.3, 0.4) is 0 Å². The Bertz CT molecular complexity index is 465. The fourth-order valence-electron chi connectivity index (χ4n) is 2.49. The second-order valence-electron chi connectivity index (χ2n) is 5.42. The van der Waals surface area contributed by atoms with Gasteiger partial charge < -0.3 is 15.0 Å². The molecule has 1 aliphatic heterocycles. The second kappa shape index (κ2) is 9.93. The summed E-state index contributed by atoms with van der Waals surface area (Å²) in [6.45, 7) is 2.23. The minimum Gasteiger partial charge on any atom is -0.493 e. The summed E-state index contributed by atoms with van der Waals surface area (Å²) in [4.78, 5) is 14.0. The Morgan fingerprint density at radius 3 is 2.95 bits per heavy atom. The van der Waals surface area contributed by atoms with Gasteiger partial charge in [0.15, 0.2) is 0 Å². The Kier molecular flexibility index (Phi) is 8.61. The molecule has 1 saturated heterocycles. The molecule has 1 aliphatic rings. The maximum absolute atomic E-state index is 12.2. The van der Waals surface area contributed by atoms with Gasteiger partial charge >= 0.3 is 0 Å². The third-order valence-corrected chi connectivity index (χ3v) is 3.92. The SMILES string of the molecule is CN(CCCOc1cccc(Cl)c1)C(=O)[C@H]1CCCCN1.Cl. The number of hydrogen-bond acceptors (Lipinski definition) is 3. The van der Waals surface area contributed by atoms with Crippen molar-refractivity contribution in [2.75, 3.05) is 26.7 Å². The zero-order valence-electron chi connectivity index (χ0n) is 12.9. The Hall–Kier alpha value is -0.970. The van der Waals surface area contributed by atoms with Crippen LogP contribution in [0.15, 0.2) is 24.3 Å². The van der Waals surface area contributed by atoms with E-state index in [0.29, 0.717) is 18.2 Å². The van der Waals surface area contributed by atoms with E-state index in [0.717, 1.165) is 31.6 Å². The number of ether oxygens (including phenoxy) is 1.